The maximum atomic E-state index is 13.0. The fourth-order valence-corrected chi connectivity index (χ4v) is 5.38. The summed E-state index contributed by atoms with van der Waals surface area (Å²) >= 11 is 0. The van der Waals surface area contributed by atoms with Gasteiger partial charge in [-0.15, -0.1) is 0 Å². The molecule has 1 amide bonds. The minimum atomic E-state index is -0.288. The summed E-state index contributed by atoms with van der Waals surface area (Å²) in [6.07, 6.45) is 5.49. The van der Waals surface area contributed by atoms with E-state index < -0.39 is 0 Å². The molecule has 7 heteroatoms. The Balaban J connectivity index is 1.41. The van der Waals surface area contributed by atoms with Crippen LogP contribution >= 0.6 is 0 Å². The summed E-state index contributed by atoms with van der Waals surface area (Å²) < 4.78 is 11.8. The van der Waals surface area contributed by atoms with Gasteiger partial charge in [-0.3, -0.25) is 4.79 Å². The molecule has 0 N–H and O–H groups in total. The third kappa shape index (κ3) is 4.81. The second kappa shape index (κ2) is 9.13. The number of piperazine rings is 1. The predicted molar refractivity (Wildman–Crippen MR) is 130 cm³/mol. The van der Waals surface area contributed by atoms with E-state index in [0.29, 0.717) is 56.2 Å². The highest BCUT2D eigenvalue weighted by Crippen LogP contribution is 2.46. The minimum Gasteiger partial charge on any atom is -0.371 e. The maximum absolute atomic E-state index is 13.0. The van der Waals surface area contributed by atoms with Crippen LogP contribution < -0.4 is 4.90 Å². The molecular formula is C27H38N4O3. The number of amides is 1. The number of rotatable bonds is 7. The number of nitriles is 1. The quantitative estimate of drug-likeness (QED) is 0.609. The Labute approximate surface area is 203 Å². The van der Waals surface area contributed by atoms with Gasteiger partial charge in [0, 0.05) is 37.5 Å². The van der Waals surface area contributed by atoms with Crippen LogP contribution in [0.15, 0.2) is 0 Å². The molecule has 0 aromatic carbocycles. The monoisotopic (exact) mass is 466 g/mol. The molecule has 34 heavy (non-hydrogen) atoms. The Kier molecular flexibility index (Phi) is 6.32. The van der Waals surface area contributed by atoms with Crippen molar-refractivity contribution in [2.24, 2.45) is 11.8 Å². The Bertz CT molecular complexity index is 991. The number of carbonyl (C=O) groups excluding carboxylic acids is 1. The van der Waals surface area contributed by atoms with Crippen LogP contribution in [0.5, 0.6) is 0 Å². The van der Waals surface area contributed by atoms with Gasteiger partial charge in [-0.25, -0.2) is 4.98 Å². The number of pyridine rings is 1. The lowest BCUT2D eigenvalue weighted by Gasteiger charge is -2.44. The summed E-state index contributed by atoms with van der Waals surface area (Å²) in [5, 5.41) is 10.2. The molecule has 5 rings (SSSR count). The Morgan fingerprint density at radius 3 is 2.65 bits per heavy atom. The van der Waals surface area contributed by atoms with Crippen LogP contribution in [0.4, 0.5) is 5.82 Å². The molecule has 0 spiro atoms. The van der Waals surface area contributed by atoms with Crippen molar-refractivity contribution < 1.29 is 14.3 Å². The van der Waals surface area contributed by atoms with E-state index in [1.54, 1.807) is 0 Å². The van der Waals surface area contributed by atoms with Crippen molar-refractivity contribution in [2.75, 3.05) is 37.7 Å². The van der Waals surface area contributed by atoms with Gasteiger partial charge in [0.15, 0.2) is 0 Å². The van der Waals surface area contributed by atoms with E-state index in [9.17, 15) is 10.1 Å². The van der Waals surface area contributed by atoms with Gasteiger partial charge < -0.3 is 19.3 Å². The van der Waals surface area contributed by atoms with Crippen LogP contribution in [0.25, 0.3) is 0 Å². The van der Waals surface area contributed by atoms with Crippen molar-refractivity contribution in [2.45, 2.75) is 84.0 Å². The van der Waals surface area contributed by atoms with Gasteiger partial charge in [-0.1, -0.05) is 13.8 Å². The van der Waals surface area contributed by atoms with Crippen molar-refractivity contribution >= 4 is 11.7 Å². The first-order chi connectivity index (χ1) is 16.3. The van der Waals surface area contributed by atoms with E-state index in [2.05, 4.69) is 38.7 Å². The molecular weight excluding hydrogens is 428 g/mol. The lowest BCUT2D eigenvalue weighted by Crippen LogP contribution is -2.58. The van der Waals surface area contributed by atoms with Gasteiger partial charge in [-0.2, -0.15) is 5.26 Å². The van der Waals surface area contributed by atoms with E-state index in [1.807, 2.05) is 4.90 Å². The second-order valence-corrected chi connectivity index (χ2v) is 11.6. The molecule has 3 fully saturated rings. The van der Waals surface area contributed by atoms with Crippen molar-refractivity contribution in [3.63, 3.8) is 0 Å². The molecule has 0 bridgehead atoms. The van der Waals surface area contributed by atoms with E-state index in [-0.39, 0.29) is 24.2 Å². The lowest BCUT2D eigenvalue weighted by molar-refractivity contribution is -0.140. The van der Waals surface area contributed by atoms with E-state index >= 15 is 0 Å². The number of aromatic nitrogens is 1. The predicted octanol–water partition coefficient (Wildman–Crippen LogP) is 3.78. The number of nitrogens with zero attached hydrogens (tertiary/aromatic N) is 4. The summed E-state index contributed by atoms with van der Waals surface area (Å²) in [4.78, 5) is 22.4. The molecule has 2 aliphatic heterocycles. The first-order valence-electron chi connectivity index (χ1n) is 13.0. The van der Waals surface area contributed by atoms with Crippen LogP contribution in [0.2, 0.25) is 0 Å². The fourth-order valence-electron chi connectivity index (χ4n) is 5.38. The van der Waals surface area contributed by atoms with E-state index in [4.69, 9.17) is 14.5 Å². The summed E-state index contributed by atoms with van der Waals surface area (Å²) in [7, 11) is 0. The number of anilines is 1. The summed E-state index contributed by atoms with van der Waals surface area (Å²) in [6, 6.07) is 2.58. The zero-order valence-corrected chi connectivity index (χ0v) is 21.1. The first kappa shape index (κ1) is 23.6. The van der Waals surface area contributed by atoms with Gasteiger partial charge in [0.05, 0.1) is 36.1 Å². The van der Waals surface area contributed by atoms with Crippen LogP contribution in [0, 0.1) is 23.2 Å². The average molecular weight is 467 g/mol. The highest BCUT2D eigenvalue weighted by atomic mass is 16.5. The fraction of sp³-hybridized carbons (Fsp3) is 0.741. The molecule has 1 aromatic heterocycles. The highest BCUT2D eigenvalue weighted by Gasteiger charge is 2.39. The van der Waals surface area contributed by atoms with E-state index in [0.717, 1.165) is 41.9 Å². The molecule has 2 aliphatic carbocycles. The highest BCUT2D eigenvalue weighted by molar-refractivity contribution is 5.78. The molecule has 7 nitrogen and oxygen atoms in total. The third-order valence-corrected chi connectivity index (χ3v) is 7.79. The molecule has 1 unspecified atom stereocenters. The summed E-state index contributed by atoms with van der Waals surface area (Å²) in [5.74, 6) is 2.33. The number of hydrogen-bond acceptors (Lipinski definition) is 6. The molecule has 0 radical (unpaired) electrons. The first-order valence-corrected chi connectivity index (χ1v) is 13.0. The van der Waals surface area contributed by atoms with Gasteiger partial charge in [0.2, 0.25) is 5.91 Å². The molecule has 1 atom stereocenters. The van der Waals surface area contributed by atoms with E-state index in [1.165, 1.54) is 12.8 Å². The summed E-state index contributed by atoms with van der Waals surface area (Å²) in [5.41, 5.74) is 3.81. The topological polar surface area (TPSA) is 78.7 Å². The smallest absolute Gasteiger partial charge is 0.248 e. The molecule has 1 aromatic rings. The largest absolute Gasteiger partial charge is 0.371 e. The third-order valence-electron chi connectivity index (χ3n) is 7.79. The lowest BCUT2D eigenvalue weighted by atomic mass is 9.87. The summed E-state index contributed by atoms with van der Waals surface area (Å²) in [6.45, 7) is 11.9. The normalized spacial score (nSPS) is 24.2. The average Bonchev–Trinajstić information content (AvgIpc) is 3.71. The molecule has 1 saturated heterocycles. The van der Waals surface area contributed by atoms with Crippen LogP contribution in [0.3, 0.4) is 0 Å². The zero-order chi connectivity index (χ0) is 24.0. The van der Waals surface area contributed by atoms with Gasteiger partial charge in [0.1, 0.15) is 18.5 Å². The minimum absolute atomic E-state index is 0.0688. The number of hydrogen-bond donors (Lipinski definition) is 0. The van der Waals surface area contributed by atoms with Crippen LogP contribution in [-0.2, 0) is 27.3 Å². The second-order valence-electron chi connectivity index (χ2n) is 11.6. The zero-order valence-electron chi connectivity index (χ0n) is 21.1. The Morgan fingerprint density at radius 2 is 2.00 bits per heavy atom. The number of carbonyl (C=O) groups is 1. The maximum Gasteiger partial charge on any atom is 0.248 e. The Hall–Kier alpha value is -2.17. The van der Waals surface area contributed by atoms with Crippen molar-refractivity contribution in [3.05, 3.63) is 22.4 Å². The number of ether oxygens (including phenoxy) is 2. The SMILES string of the molecule is CC(C)C1CN(c2nc(C3CC3)c3c(c2C#N)CC(C)(C)OC3)CCN1C(=O)COCC1CC1. The van der Waals surface area contributed by atoms with Crippen LogP contribution in [-0.4, -0.2) is 60.3 Å². The number of fused-ring (bicyclic) bond motifs is 1. The van der Waals surface area contributed by atoms with Crippen molar-refractivity contribution in [1.29, 1.82) is 5.26 Å². The molecule has 184 valence electrons. The van der Waals surface area contributed by atoms with Crippen LogP contribution in [0.1, 0.15) is 81.7 Å². The molecule has 4 aliphatic rings. The standard InChI is InChI=1S/C27H38N4O3/c1-17(2)23-13-30(9-10-31(23)24(32)16-33-14-18-5-6-18)26-21(12-28)20-11-27(3,4)34-15-22(20)25(29-26)19-7-8-19/h17-19,23H,5-11,13-16H2,1-4H3. The van der Waals surface area contributed by atoms with Gasteiger partial charge >= 0.3 is 0 Å². The molecule has 2 saturated carbocycles. The van der Waals surface area contributed by atoms with Gasteiger partial charge in [-0.05, 0) is 56.9 Å². The Morgan fingerprint density at radius 1 is 1.24 bits per heavy atom. The van der Waals surface area contributed by atoms with Crippen molar-refractivity contribution in [3.8, 4) is 6.07 Å². The van der Waals surface area contributed by atoms with Crippen molar-refractivity contribution in [1.82, 2.24) is 9.88 Å². The van der Waals surface area contributed by atoms with Gasteiger partial charge in [0.25, 0.3) is 0 Å². The molecule has 3 heterocycles.